The maximum absolute atomic E-state index is 12.5. The summed E-state index contributed by atoms with van der Waals surface area (Å²) in [5.74, 6) is 0.629. The lowest BCUT2D eigenvalue weighted by molar-refractivity contribution is -0.116. The average Bonchev–Trinajstić information content (AvgIpc) is 2.72. The molecule has 31 heavy (non-hydrogen) atoms. The van der Waals surface area contributed by atoms with Crippen molar-refractivity contribution in [2.45, 2.75) is 26.7 Å². The molecule has 7 nitrogen and oxygen atoms in total. The number of hydrogen-bond acceptors (Lipinski definition) is 6. The number of nitrogens with zero attached hydrogens (tertiary/aromatic N) is 1. The quantitative estimate of drug-likeness (QED) is 0.537. The highest BCUT2D eigenvalue weighted by Crippen LogP contribution is 2.28. The Balaban J connectivity index is 1.63. The molecule has 0 atom stereocenters. The molecule has 0 aliphatic heterocycles. The number of hydrogen-bond donors (Lipinski definition) is 2. The highest BCUT2D eigenvalue weighted by molar-refractivity contribution is 5.91. The summed E-state index contributed by atoms with van der Waals surface area (Å²) in [7, 11) is 3.97. The van der Waals surface area contributed by atoms with Crippen LogP contribution in [0.25, 0.3) is 11.0 Å². The van der Waals surface area contributed by atoms with Gasteiger partial charge in [0.1, 0.15) is 23.7 Å². The predicted molar refractivity (Wildman–Crippen MR) is 121 cm³/mol. The maximum atomic E-state index is 12.5. The van der Waals surface area contributed by atoms with E-state index in [9.17, 15) is 14.7 Å². The molecule has 7 heteroatoms. The van der Waals surface area contributed by atoms with E-state index in [4.69, 9.17) is 9.15 Å². The second kappa shape index (κ2) is 9.66. The van der Waals surface area contributed by atoms with Crippen LogP contribution in [0.4, 0.5) is 5.69 Å². The zero-order chi connectivity index (χ0) is 22.5. The van der Waals surface area contributed by atoms with Crippen LogP contribution in [0.15, 0.2) is 45.6 Å². The third kappa shape index (κ3) is 5.44. The lowest BCUT2D eigenvalue weighted by Crippen LogP contribution is -2.19. The Labute approximate surface area is 181 Å². The number of amides is 1. The highest BCUT2D eigenvalue weighted by atomic mass is 16.5. The molecule has 1 amide bonds. The van der Waals surface area contributed by atoms with E-state index in [0.717, 1.165) is 23.2 Å². The lowest BCUT2D eigenvalue weighted by atomic mass is 10.0. The first-order valence-corrected chi connectivity index (χ1v) is 10.2. The summed E-state index contributed by atoms with van der Waals surface area (Å²) in [6.45, 7) is 4.94. The Kier molecular flexibility index (Phi) is 6.97. The van der Waals surface area contributed by atoms with Crippen molar-refractivity contribution in [3.8, 4) is 11.5 Å². The van der Waals surface area contributed by atoms with Gasteiger partial charge < -0.3 is 24.5 Å². The molecule has 0 radical (unpaired) electrons. The van der Waals surface area contributed by atoms with E-state index in [1.54, 1.807) is 31.2 Å². The number of nitrogens with one attached hydrogen (secondary N) is 1. The Morgan fingerprint density at radius 3 is 2.48 bits per heavy atom. The second-order valence-corrected chi connectivity index (χ2v) is 7.80. The molecule has 2 aromatic carbocycles. The molecule has 0 aliphatic carbocycles. The molecule has 1 aromatic heterocycles. The minimum atomic E-state index is -0.481. The monoisotopic (exact) mass is 424 g/mol. The van der Waals surface area contributed by atoms with Crippen LogP contribution in [0.3, 0.4) is 0 Å². The number of aryl methyl sites for hydroxylation is 2. The summed E-state index contributed by atoms with van der Waals surface area (Å²) < 4.78 is 11.1. The molecule has 164 valence electrons. The Hall–Kier alpha value is -3.32. The van der Waals surface area contributed by atoms with Crippen molar-refractivity contribution in [2.24, 2.45) is 0 Å². The van der Waals surface area contributed by atoms with Crippen molar-refractivity contribution >= 4 is 22.6 Å². The van der Waals surface area contributed by atoms with Crippen LogP contribution in [0.2, 0.25) is 0 Å². The number of carbonyl (C=O) groups excluding carboxylic acids is 1. The number of phenols is 1. The van der Waals surface area contributed by atoms with Gasteiger partial charge in [-0.3, -0.25) is 4.79 Å². The number of carbonyl (C=O) groups is 1. The van der Waals surface area contributed by atoms with E-state index in [1.807, 2.05) is 38.1 Å². The first kappa shape index (κ1) is 22.4. The Morgan fingerprint density at radius 1 is 1.10 bits per heavy atom. The highest BCUT2D eigenvalue weighted by Gasteiger charge is 2.15. The summed E-state index contributed by atoms with van der Waals surface area (Å²) in [5.41, 5.74) is 2.32. The Morgan fingerprint density at radius 2 is 1.81 bits per heavy atom. The van der Waals surface area contributed by atoms with Gasteiger partial charge in [-0.1, -0.05) is 0 Å². The molecule has 0 bridgehead atoms. The number of rotatable bonds is 8. The fraction of sp³-hybridized carbons (Fsp3) is 0.333. The molecular weight excluding hydrogens is 396 g/mol. The zero-order valence-corrected chi connectivity index (χ0v) is 18.3. The first-order valence-electron chi connectivity index (χ1n) is 10.2. The van der Waals surface area contributed by atoms with Gasteiger partial charge in [-0.05, 0) is 76.3 Å². The van der Waals surface area contributed by atoms with Crippen LogP contribution in [0.5, 0.6) is 11.5 Å². The van der Waals surface area contributed by atoms with Crippen LogP contribution in [-0.2, 0) is 11.2 Å². The summed E-state index contributed by atoms with van der Waals surface area (Å²) >= 11 is 0. The van der Waals surface area contributed by atoms with Crippen molar-refractivity contribution in [1.29, 1.82) is 0 Å². The van der Waals surface area contributed by atoms with Gasteiger partial charge in [-0.15, -0.1) is 0 Å². The molecule has 2 N–H and O–H groups in total. The molecule has 3 rings (SSSR count). The van der Waals surface area contributed by atoms with E-state index in [-0.39, 0.29) is 24.5 Å². The number of aromatic hydroxyl groups is 1. The maximum Gasteiger partial charge on any atom is 0.339 e. The predicted octanol–water partition coefficient (Wildman–Crippen LogP) is 3.63. The molecule has 0 aliphatic rings. The molecular formula is C24H28N2O5. The molecule has 0 saturated heterocycles. The van der Waals surface area contributed by atoms with Crippen molar-refractivity contribution in [3.05, 3.63) is 63.5 Å². The number of phenolic OH excluding ortho intramolecular Hbond substituents is 1. The number of fused-ring (bicyclic) bond motifs is 1. The van der Waals surface area contributed by atoms with Gasteiger partial charge >= 0.3 is 5.63 Å². The van der Waals surface area contributed by atoms with Gasteiger partial charge in [-0.2, -0.15) is 0 Å². The van der Waals surface area contributed by atoms with E-state index in [2.05, 4.69) is 5.32 Å². The summed E-state index contributed by atoms with van der Waals surface area (Å²) in [5, 5.41) is 13.4. The standard InChI is InChI=1S/C24H28N2O5/c1-15-19-9-11-21(27)16(2)23(19)31-24(29)20(15)10-12-22(28)25-17-5-7-18(8-6-17)30-14-13-26(3)4/h5-9,11,27H,10,12-14H2,1-4H3,(H,25,28). The smallest absolute Gasteiger partial charge is 0.339 e. The Bertz CT molecular complexity index is 1130. The molecule has 0 saturated carbocycles. The van der Waals surface area contributed by atoms with Gasteiger partial charge in [0.15, 0.2) is 0 Å². The normalized spacial score (nSPS) is 11.1. The average molecular weight is 424 g/mol. The van der Waals surface area contributed by atoms with Crippen molar-refractivity contribution in [2.75, 3.05) is 32.6 Å². The molecule has 3 aromatic rings. The lowest BCUT2D eigenvalue weighted by Gasteiger charge is -2.12. The zero-order valence-electron chi connectivity index (χ0n) is 18.3. The number of anilines is 1. The molecule has 1 heterocycles. The van der Waals surface area contributed by atoms with Crippen LogP contribution >= 0.6 is 0 Å². The van der Waals surface area contributed by atoms with E-state index in [0.29, 0.717) is 29.0 Å². The van der Waals surface area contributed by atoms with Crippen LogP contribution < -0.4 is 15.7 Å². The number of ether oxygens (including phenoxy) is 1. The van der Waals surface area contributed by atoms with Gasteiger partial charge in [-0.25, -0.2) is 4.79 Å². The summed E-state index contributed by atoms with van der Waals surface area (Å²) in [6.07, 6.45) is 0.414. The summed E-state index contributed by atoms with van der Waals surface area (Å²) in [6, 6.07) is 10.5. The molecule has 0 fully saturated rings. The van der Waals surface area contributed by atoms with Gasteiger partial charge in [0.2, 0.25) is 5.91 Å². The van der Waals surface area contributed by atoms with E-state index >= 15 is 0 Å². The fourth-order valence-corrected chi connectivity index (χ4v) is 3.31. The van der Waals surface area contributed by atoms with Crippen LogP contribution in [0, 0.1) is 13.8 Å². The van der Waals surface area contributed by atoms with Gasteiger partial charge in [0.25, 0.3) is 0 Å². The van der Waals surface area contributed by atoms with E-state index in [1.165, 1.54) is 0 Å². The number of likely N-dealkylation sites (N-methyl/N-ethyl adjacent to an activating group) is 1. The summed E-state index contributed by atoms with van der Waals surface area (Å²) in [4.78, 5) is 26.9. The third-order valence-electron chi connectivity index (χ3n) is 5.22. The minimum Gasteiger partial charge on any atom is -0.508 e. The minimum absolute atomic E-state index is 0.0799. The fourth-order valence-electron chi connectivity index (χ4n) is 3.31. The first-order chi connectivity index (χ1) is 14.8. The largest absolute Gasteiger partial charge is 0.508 e. The molecule has 0 spiro atoms. The van der Waals surface area contributed by atoms with Crippen LogP contribution in [0.1, 0.15) is 23.1 Å². The van der Waals surface area contributed by atoms with Crippen molar-refractivity contribution in [3.63, 3.8) is 0 Å². The molecule has 0 unspecified atom stereocenters. The van der Waals surface area contributed by atoms with Gasteiger partial charge in [0, 0.05) is 35.2 Å². The van der Waals surface area contributed by atoms with Crippen molar-refractivity contribution < 1.29 is 19.1 Å². The SMILES string of the molecule is Cc1c(CCC(=O)Nc2ccc(OCCN(C)C)cc2)c(=O)oc2c(C)c(O)ccc12. The van der Waals surface area contributed by atoms with Crippen LogP contribution in [-0.4, -0.2) is 43.2 Å². The third-order valence-corrected chi connectivity index (χ3v) is 5.22. The van der Waals surface area contributed by atoms with E-state index < -0.39 is 5.63 Å². The van der Waals surface area contributed by atoms with Crippen molar-refractivity contribution in [1.82, 2.24) is 4.90 Å². The topological polar surface area (TPSA) is 92.0 Å². The van der Waals surface area contributed by atoms with Gasteiger partial charge in [0.05, 0.1) is 0 Å². The second-order valence-electron chi connectivity index (χ2n) is 7.80. The number of benzene rings is 2.